The third-order valence-electron chi connectivity index (χ3n) is 2.03. The molecule has 0 radical (unpaired) electrons. The first kappa shape index (κ1) is 14.1. The third-order valence-corrected chi connectivity index (χ3v) is 2.84. The van der Waals surface area contributed by atoms with Crippen LogP contribution in [0.5, 0.6) is 0 Å². The molecule has 0 saturated heterocycles. The summed E-state index contributed by atoms with van der Waals surface area (Å²) in [4.78, 5) is 11.2. The van der Waals surface area contributed by atoms with Crippen LogP contribution in [0.1, 0.15) is 26.7 Å². The Bertz CT molecular complexity index is 174. The number of carbonyl (C=O) groups is 1. The van der Waals surface area contributed by atoms with Crippen molar-refractivity contribution in [2.45, 2.75) is 26.7 Å². The second kappa shape index (κ2) is 7.41. The van der Waals surface area contributed by atoms with Crippen LogP contribution in [0.2, 0.25) is 0 Å². The molecule has 14 heavy (non-hydrogen) atoms. The summed E-state index contributed by atoms with van der Waals surface area (Å²) in [6, 6.07) is 0. The highest BCUT2D eigenvalue weighted by atomic mass is 35.5. The maximum atomic E-state index is 11.2. The summed E-state index contributed by atoms with van der Waals surface area (Å²) >= 11 is 7.17. The van der Waals surface area contributed by atoms with E-state index >= 15 is 0 Å². The fraction of sp³-hybridized carbons (Fsp3) is 0.900. The van der Waals surface area contributed by atoms with E-state index in [1.807, 2.05) is 6.26 Å². The highest BCUT2D eigenvalue weighted by Crippen LogP contribution is 2.21. The number of hydrogen-bond donors (Lipinski definition) is 1. The van der Waals surface area contributed by atoms with E-state index in [4.69, 9.17) is 11.6 Å². The molecule has 4 heteroatoms. The van der Waals surface area contributed by atoms with Crippen LogP contribution in [-0.4, -0.2) is 30.3 Å². The predicted octanol–water partition coefficient (Wildman–Crippen LogP) is 2.51. The van der Waals surface area contributed by atoms with Crippen molar-refractivity contribution in [2.24, 2.45) is 5.41 Å². The molecule has 0 atom stereocenters. The van der Waals surface area contributed by atoms with Gasteiger partial charge in [-0.15, -0.1) is 11.6 Å². The third kappa shape index (κ3) is 7.51. The molecule has 1 N–H and O–H groups in total. The summed E-state index contributed by atoms with van der Waals surface area (Å²) in [6.07, 6.45) is 3.99. The van der Waals surface area contributed by atoms with Crippen molar-refractivity contribution in [1.82, 2.24) is 5.32 Å². The van der Waals surface area contributed by atoms with Gasteiger partial charge in [-0.25, -0.2) is 0 Å². The summed E-state index contributed by atoms with van der Waals surface area (Å²) in [7, 11) is 0. The van der Waals surface area contributed by atoms with Gasteiger partial charge in [-0.1, -0.05) is 13.8 Å². The van der Waals surface area contributed by atoms with Gasteiger partial charge >= 0.3 is 0 Å². The van der Waals surface area contributed by atoms with Gasteiger partial charge in [0.05, 0.1) is 5.75 Å². The average molecular weight is 238 g/mol. The fourth-order valence-corrected chi connectivity index (χ4v) is 1.65. The Morgan fingerprint density at radius 3 is 2.64 bits per heavy atom. The van der Waals surface area contributed by atoms with Crippen molar-refractivity contribution in [2.75, 3.05) is 24.4 Å². The second-order valence-electron chi connectivity index (χ2n) is 4.17. The minimum atomic E-state index is 0.122. The highest BCUT2D eigenvalue weighted by molar-refractivity contribution is 7.99. The van der Waals surface area contributed by atoms with Gasteiger partial charge in [0.15, 0.2) is 0 Å². The maximum absolute atomic E-state index is 11.2. The highest BCUT2D eigenvalue weighted by Gasteiger charge is 2.17. The van der Waals surface area contributed by atoms with E-state index in [0.29, 0.717) is 11.6 Å². The van der Waals surface area contributed by atoms with Crippen molar-refractivity contribution in [3.63, 3.8) is 0 Å². The standard InChI is InChI=1S/C10H20ClNOS/c1-10(2,5-4-6-11)8-12-9(13)7-14-3/h4-8H2,1-3H3,(H,12,13). The molecule has 0 aliphatic rings. The molecule has 1 amide bonds. The zero-order valence-electron chi connectivity index (χ0n) is 9.23. The molecule has 0 aromatic heterocycles. The molecule has 0 aromatic carbocycles. The van der Waals surface area contributed by atoms with Crippen LogP contribution < -0.4 is 5.32 Å². The molecule has 0 heterocycles. The van der Waals surface area contributed by atoms with E-state index in [0.717, 1.165) is 19.4 Å². The molecule has 0 unspecified atom stereocenters. The van der Waals surface area contributed by atoms with Crippen molar-refractivity contribution in [3.05, 3.63) is 0 Å². The van der Waals surface area contributed by atoms with Gasteiger partial charge in [0, 0.05) is 12.4 Å². The van der Waals surface area contributed by atoms with Crippen LogP contribution in [0.15, 0.2) is 0 Å². The van der Waals surface area contributed by atoms with Gasteiger partial charge in [0.2, 0.25) is 5.91 Å². The van der Waals surface area contributed by atoms with Crippen LogP contribution in [-0.2, 0) is 4.79 Å². The lowest BCUT2D eigenvalue weighted by molar-refractivity contribution is -0.119. The van der Waals surface area contributed by atoms with Crippen LogP contribution in [0.4, 0.5) is 0 Å². The molecule has 0 spiro atoms. The number of rotatable bonds is 7. The number of halogens is 1. The van der Waals surface area contributed by atoms with Gasteiger partial charge in [-0.3, -0.25) is 4.79 Å². The zero-order chi connectivity index (χ0) is 11.0. The Balaban J connectivity index is 3.68. The first-order chi connectivity index (χ1) is 6.52. The minimum absolute atomic E-state index is 0.122. The first-order valence-corrected chi connectivity index (χ1v) is 6.76. The molecule has 0 rings (SSSR count). The normalized spacial score (nSPS) is 11.4. The number of thioether (sulfide) groups is 1. The quantitative estimate of drug-likeness (QED) is 0.690. The fourth-order valence-electron chi connectivity index (χ4n) is 1.15. The van der Waals surface area contributed by atoms with Crippen LogP contribution in [0, 0.1) is 5.41 Å². The molecule has 0 aliphatic carbocycles. The zero-order valence-corrected chi connectivity index (χ0v) is 10.8. The Morgan fingerprint density at radius 1 is 1.50 bits per heavy atom. The number of carbonyl (C=O) groups excluding carboxylic acids is 1. The molecular weight excluding hydrogens is 218 g/mol. The summed E-state index contributed by atoms with van der Waals surface area (Å²) in [5, 5.41) is 2.93. The van der Waals surface area contributed by atoms with Crippen LogP contribution >= 0.6 is 23.4 Å². The molecule has 0 bridgehead atoms. The lowest BCUT2D eigenvalue weighted by atomic mass is 9.88. The van der Waals surface area contributed by atoms with E-state index in [9.17, 15) is 4.79 Å². The lowest BCUT2D eigenvalue weighted by Gasteiger charge is -2.24. The van der Waals surface area contributed by atoms with Crippen molar-refractivity contribution < 1.29 is 4.79 Å². The lowest BCUT2D eigenvalue weighted by Crippen LogP contribution is -2.35. The molecule has 0 aromatic rings. The number of alkyl halides is 1. The number of hydrogen-bond acceptors (Lipinski definition) is 2. The van der Waals surface area contributed by atoms with Crippen LogP contribution in [0.3, 0.4) is 0 Å². The van der Waals surface area contributed by atoms with E-state index in [-0.39, 0.29) is 11.3 Å². The molecule has 0 fully saturated rings. The van der Waals surface area contributed by atoms with E-state index in [1.165, 1.54) is 0 Å². The summed E-state index contributed by atoms with van der Waals surface area (Å²) in [5.74, 6) is 1.37. The average Bonchev–Trinajstić information content (AvgIpc) is 2.13. The maximum Gasteiger partial charge on any atom is 0.230 e. The van der Waals surface area contributed by atoms with E-state index in [1.54, 1.807) is 11.8 Å². The topological polar surface area (TPSA) is 29.1 Å². The van der Waals surface area contributed by atoms with E-state index in [2.05, 4.69) is 19.2 Å². The minimum Gasteiger partial charge on any atom is -0.355 e. The molecule has 2 nitrogen and oxygen atoms in total. The van der Waals surface area contributed by atoms with Gasteiger partial charge < -0.3 is 5.32 Å². The summed E-state index contributed by atoms with van der Waals surface area (Å²) < 4.78 is 0. The van der Waals surface area contributed by atoms with Crippen LogP contribution in [0.25, 0.3) is 0 Å². The smallest absolute Gasteiger partial charge is 0.230 e. The first-order valence-electron chi connectivity index (χ1n) is 4.83. The van der Waals surface area contributed by atoms with Gasteiger partial charge in [0.25, 0.3) is 0 Å². The molecule has 84 valence electrons. The Morgan fingerprint density at radius 2 is 2.14 bits per heavy atom. The predicted molar refractivity (Wildman–Crippen MR) is 65.1 cm³/mol. The SMILES string of the molecule is CSCC(=O)NCC(C)(C)CCCCl. The Hall–Kier alpha value is 0.110. The van der Waals surface area contributed by atoms with Crippen molar-refractivity contribution in [1.29, 1.82) is 0 Å². The van der Waals surface area contributed by atoms with Gasteiger partial charge in [-0.2, -0.15) is 11.8 Å². The number of amides is 1. The summed E-state index contributed by atoms with van der Waals surface area (Å²) in [5.41, 5.74) is 0.156. The Labute approximate surface area is 96.2 Å². The monoisotopic (exact) mass is 237 g/mol. The van der Waals surface area contributed by atoms with Gasteiger partial charge in [0.1, 0.15) is 0 Å². The molecular formula is C10H20ClNOS. The molecule has 0 aliphatic heterocycles. The van der Waals surface area contributed by atoms with E-state index < -0.39 is 0 Å². The second-order valence-corrected chi connectivity index (χ2v) is 5.41. The Kier molecular flexibility index (Phi) is 7.47. The molecule has 0 saturated carbocycles. The number of nitrogens with one attached hydrogen (secondary N) is 1. The summed E-state index contributed by atoms with van der Waals surface area (Å²) in [6.45, 7) is 5.04. The van der Waals surface area contributed by atoms with Crippen molar-refractivity contribution >= 4 is 29.3 Å². The van der Waals surface area contributed by atoms with Gasteiger partial charge in [-0.05, 0) is 24.5 Å². The largest absolute Gasteiger partial charge is 0.355 e. The van der Waals surface area contributed by atoms with Crippen molar-refractivity contribution in [3.8, 4) is 0 Å².